The summed E-state index contributed by atoms with van der Waals surface area (Å²) < 4.78 is 16.4. The van der Waals surface area contributed by atoms with Gasteiger partial charge in [-0.25, -0.2) is 0 Å². The molecule has 0 amide bonds. The lowest BCUT2D eigenvalue weighted by Gasteiger charge is -2.16. The van der Waals surface area contributed by atoms with Crippen molar-refractivity contribution in [3.8, 4) is 22.6 Å². The summed E-state index contributed by atoms with van der Waals surface area (Å²) in [6, 6.07) is 5.72. The number of hydrogen-bond donors (Lipinski definition) is 1. The standard InChI is InChI=1S/C15H19N3O3/c1-18-6-5-11(9-18)20-13-4-3-10(7-14(13)19-2)12-8-17-21-15(12)16/h3-4,7-8,11H,5-6,9,16H2,1-2H3. The Kier molecular flexibility index (Phi) is 3.70. The van der Waals surface area contributed by atoms with Gasteiger partial charge in [0.1, 0.15) is 6.10 Å². The van der Waals surface area contributed by atoms with E-state index in [9.17, 15) is 0 Å². The molecule has 1 aliphatic heterocycles. The van der Waals surface area contributed by atoms with Crippen molar-refractivity contribution >= 4 is 5.88 Å². The van der Waals surface area contributed by atoms with E-state index >= 15 is 0 Å². The first kappa shape index (κ1) is 13.8. The summed E-state index contributed by atoms with van der Waals surface area (Å²) in [6.45, 7) is 1.99. The third-order valence-corrected chi connectivity index (χ3v) is 3.71. The quantitative estimate of drug-likeness (QED) is 0.928. The lowest BCUT2D eigenvalue weighted by atomic mass is 10.1. The van der Waals surface area contributed by atoms with Crippen LogP contribution >= 0.6 is 0 Å². The molecule has 1 unspecified atom stereocenters. The van der Waals surface area contributed by atoms with Crippen LogP contribution in [0.2, 0.25) is 0 Å². The van der Waals surface area contributed by atoms with Gasteiger partial charge in [-0.05, 0) is 31.2 Å². The van der Waals surface area contributed by atoms with Crippen molar-refractivity contribution in [3.05, 3.63) is 24.4 Å². The molecule has 1 aliphatic rings. The van der Waals surface area contributed by atoms with Crippen LogP contribution in [0.15, 0.2) is 28.9 Å². The Bertz CT molecular complexity index is 626. The molecule has 2 aromatic rings. The van der Waals surface area contributed by atoms with E-state index < -0.39 is 0 Å². The van der Waals surface area contributed by atoms with Gasteiger partial charge in [0, 0.05) is 13.1 Å². The monoisotopic (exact) mass is 289 g/mol. The van der Waals surface area contributed by atoms with Crippen LogP contribution in [0.1, 0.15) is 6.42 Å². The molecule has 0 radical (unpaired) electrons. The van der Waals surface area contributed by atoms with Gasteiger partial charge in [-0.3, -0.25) is 0 Å². The number of aromatic nitrogens is 1. The zero-order chi connectivity index (χ0) is 14.8. The summed E-state index contributed by atoms with van der Waals surface area (Å²) in [5.74, 6) is 1.72. The maximum Gasteiger partial charge on any atom is 0.229 e. The highest BCUT2D eigenvalue weighted by Gasteiger charge is 2.22. The van der Waals surface area contributed by atoms with E-state index in [0.29, 0.717) is 11.6 Å². The molecular formula is C15H19N3O3. The number of rotatable bonds is 4. The second-order valence-electron chi connectivity index (χ2n) is 5.26. The van der Waals surface area contributed by atoms with E-state index in [1.54, 1.807) is 13.3 Å². The Morgan fingerprint density at radius 1 is 1.38 bits per heavy atom. The van der Waals surface area contributed by atoms with Crippen molar-refractivity contribution in [2.75, 3.05) is 33.0 Å². The second kappa shape index (κ2) is 5.65. The number of likely N-dealkylation sites (tertiary alicyclic amines) is 1. The number of benzene rings is 1. The Morgan fingerprint density at radius 3 is 2.86 bits per heavy atom. The molecule has 0 bridgehead atoms. The van der Waals surface area contributed by atoms with Gasteiger partial charge in [-0.1, -0.05) is 11.2 Å². The minimum Gasteiger partial charge on any atom is -0.493 e. The predicted octanol–water partition coefficient (Wildman–Crippen LogP) is 2.02. The predicted molar refractivity (Wildman–Crippen MR) is 79.4 cm³/mol. The highest BCUT2D eigenvalue weighted by Crippen LogP contribution is 2.35. The Labute approximate surface area is 123 Å². The maximum atomic E-state index is 6.03. The topological polar surface area (TPSA) is 73.8 Å². The molecule has 1 aromatic carbocycles. The summed E-state index contributed by atoms with van der Waals surface area (Å²) in [5.41, 5.74) is 7.38. The summed E-state index contributed by atoms with van der Waals surface area (Å²) in [6.07, 6.45) is 2.83. The molecule has 2 heterocycles. The van der Waals surface area contributed by atoms with E-state index in [4.69, 9.17) is 19.7 Å². The van der Waals surface area contributed by atoms with Crippen LogP contribution in [-0.4, -0.2) is 43.4 Å². The zero-order valence-corrected chi connectivity index (χ0v) is 12.2. The third-order valence-electron chi connectivity index (χ3n) is 3.71. The summed E-state index contributed by atoms with van der Waals surface area (Å²) in [5, 5.41) is 3.69. The third kappa shape index (κ3) is 2.80. The number of nitrogen functional groups attached to an aromatic ring is 1. The molecule has 3 rings (SSSR count). The molecular weight excluding hydrogens is 270 g/mol. The number of likely N-dealkylation sites (N-methyl/N-ethyl adjacent to an activating group) is 1. The van der Waals surface area contributed by atoms with Gasteiger partial charge in [0.25, 0.3) is 0 Å². The molecule has 1 fully saturated rings. The Hall–Kier alpha value is -2.21. The fraction of sp³-hybridized carbons (Fsp3) is 0.400. The molecule has 1 aromatic heterocycles. The fourth-order valence-electron chi connectivity index (χ4n) is 2.57. The summed E-state index contributed by atoms with van der Waals surface area (Å²) >= 11 is 0. The Balaban J connectivity index is 1.84. The smallest absolute Gasteiger partial charge is 0.229 e. The molecule has 1 saturated heterocycles. The number of methoxy groups -OCH3 is 1. The lowest BCUT2D eigenvalue weighted by molar-refractivity contribution is 0.199. The molecule has 2 N–H and O–H groups in total. The highest BCUT2D eigenvalue weighted by molar-refractivity contribution is 5.74. The van der Waals surface area contributed by atoms with Crippen molar-refractivity contribution in [1.29, 1.82) is 0 Å². The van der Waals surface area contributed by atoms with Gasteiger partial charge in [0.15, 0.2) is 11.5 Å². The van der Waals surface area contributed by atoms with Gasteiger partial charge in [-0.15, -0.1) is 0 Å². The van der Waals surface area contributed by atoms with Crippen molar-refractivity contribution in [2.24, 2.45) is 0 Å². The van der Waals surface area contributed by atoms with Crippen molar-refractivity contribution in [3.63, 3.8) is 0 Å². The van der Waals surface area contributed by atoms with Gasteiger partial charge >= 0.3 is 0 Å². The van der Waals surface area contributed by atoms with Crippen LogP contribution in [0, 0.1) is 0 Å². The number of hydrogen-bond acceptors (Lipinski definition) is 6. The molecule has 0 saturated carbocycles. The van der Waals surface area contributed by atoms with E-state index in [2.05, 4.69) is 17.1 Å². The molecule has 0 spiro atoms. The number of nitrogens with zero attached hydrogens (tertiary/aromatic N) is 2. The number of anilines is 1. The minimum absolute atomic E-state index is 0.204. The van der Waals surface area contributed by atoms with Crippen molar-refractivity contribution in [2.45, 2.75) is 12.5 Å². The average molecular weight is 289 g/mol. The number of nitrogens with two attached hydrogens (primary N) is 1. The number of ether oxygens (including phenoxy) is 2. The van der Waals surface area contributed by atoms with Gasteiger partial charge in [-0.2, -0.15) is 0 Å². The van der Waals surface area contributed by atoms with Gasteiger partial charge in [0.2, 0.25) is 5.88 Å². The first-order valence-corrected chi connectivity index (χ1v) is 6.91. The van der Waals surface area contributed by atoms with E-state index in [0.717, 1.165) is 36.4 Å². The zero-order valence-electron chi connectivity index (χ0n) is 12.2. The summed E-state index contributed by atoms with van der Waals surface area (Å²) in [4.78, 5) is 2.25. The summed E-state index contributed by atoms with van der Waals surface area (Å²) in [7, 11) is 3.72. The van der Waals surface area contributed by atoms with E-state index in [1.165, 1.54) is 0 Å². The SMILES string of the molecule is COc1cc(-c2cnoc2N)ccc1OC1CCN(C)C1. The largest absolute Gasteiger partial charge is 0.493 e. The van der Waals surface area contributed by atoms with Crippen molar-refractivity contribution < 1.29 is 14.0 Å². The van der Waals surface area contributed by atoms with Crippen LogP contribution in [0.5, 0.6) is 11.5 Å². The molecule has 6 nitrogen and oxygen atoms in total. The van der Waals surface area contributed by atoms with Crippen LogP contribution in [0.25, 0.3) is 11.1 Å². The molecule has 0 aliphatic carbocycles. The first-order chi connectivity index (χ1) is 10.2. The van der Waals surface area contributed by atoms with E-state index in [1.807, 2.05) is 18.2 Å². The van der Waals surface area contributed by atoms with Crippen LogP contribution in [0.4, 0.5) is 5.88 Å². The minimum atomic E-state index is 0.204. The molecule has 1 atom stereocenters. The van der Waals surface area contributed by atoms with Crippen LogP contribution in [-0.2, 0) is 0 Å². The second-order valence-corrected chi connectivity index (χ2v) is 5.26. The molecule has 21 heavy (non-hydrogen) atoms. The van der Waals surface area contributed by atoms with Gasteiger partial charge in [0.05, 0.1) is 18.9 Å². The van der Waals surface area contributed by atoms with Gasteiger partial charge < -0.3 is 24.6 Å². The fourth-order valence-corrected chi connectivity index (χ4v) is 2.57. The highest BCUT2D eigenvalue weighted by atomic mass is 16.5. The lowest BCUT2D eigenvalue weighted by Crippen LogP contribution is -2.21. The molecule has 6 heteroatoms. The molecule has 112 valence electrons. The average Bonchev–Trinajstić information content (AvgIpc) is 3.08. The van der Waals surface area contributed by atoms with Crippen LogP contribution < -0.4 is 15.2 Å². The van der Waals surface area contributed by atoms with E-state index in [-0.39, 0.29) is 6.10 Å². The first-order valence-electron chi connectivity index (χ1n) is 6.91. The maximum absolute atomic E-state index is 6.03. The normalized spacial score (nSPS) is 18.9. The van der Waals surface area contributed by atoms with Crippen LogP contribution in [0.3, 0.4) is 0 Å². The van der Waals surface area contributed by atoms with Crippen molar-refractivity contribution in [1.82, 2.24) is 10.1 Å². The Morgan fingerprint density at radius 2 is 2.24 bits per heavy atom.